The summed E-state index contributed by atoms with van der Waals surface area (Å²) in [7, 11) is 0. The Morgan fingerprint density at radius 3 is 2.63 bits per heavy atom. The quantitative estimate of drug-likeness (QED) is 0.898. The Hall–Kier alpha value is -1.85. The third-order valence-electron chi connectivity index (χ3n) is 3.12. The van der Waals surface area contributed by atoms with Crippen LogP contribution in [0.5, 0.6) is 0 Å². The maximum Gasteiger partial charge on any atom is 0.416 e. The molecule has 19 heavy (non-hydrogen) atoms. The van der Waals surface area contributed by atoms with Crippen molar-refractivity contribution in [3.8, 4) is 0 Å². The maximum absolute atomic E-state index is 12.8. The first-order chi connectivity index (χ1) is 8.84. The number of aliphatic imine (C=N–C) groups is 1. The van der Waals surface area contributed by atoms with Gasteiger partial charge in [-0.2, -0.15) is 13.2 Å². The lowest BCUT2D eigenvalue weighted by Gasteiger charge is -2.20. The van der Waals surface area contributed by atoms with Gasteiger partial charge in [-0.1, -0.05) is 6.92 Å². The minimum Gasteiger partial charge on any atom is -0.478 e. The molecule has 102 valence electrons. The van der Waals surface area contributed by atoms with E-state index in [0.29, 0.717) is 42.3 Å². The van der Waals surface area contributed by atoms with E-state index >= 15 is 0 Å². The molecule has 1 aliphatic rings. The predicted molar refractivity (Wildman–Crippen MR) is 63.8 cm³/mol. The zero-order valence-corrected chi connectivity index (χ0v) is 10.2. The molecule has 0 saturated heterocycles. The number of benzene rings is 1. The second kappa shape index (κ2) is 4.68. The summed E-state index contributed by atoms with van der Waals surface area (Å²) < 4.78 is 38.4. The van der Waals surface area contributed by atoms with Crippen LogP contribution in [-0.2, 0) is 12.6 Å². The van der Waals surface area contributed by atoms with Crippen molar-refractivity contribution in [2.75, 3.05) is 6.54 Å². The first-order valence-corrected chi connectivity index (χ1v) is 5.85. The van der Waals surface area contributed by atoms with E-state index in [1.807, 2.05) is 0 Å². The Morgan fingerprint density at radius 1 is 1.42 bits per heavy atom. The number of carbonyl (C=O) groups is 1. The lowest BCUT2D eigenvalue weighted by molar-refractivity contribution is -0.137. The summed E-state index contributed by atoms with van der Waals surface area (Å²) in [5, 5.41) is 9.08. The van der Waals surface area contributed by atoms with Gasteiger partial charge < -0.3 is 5.11 Å². The molecule has 0 fully saturated rings. The number of carboxylic acids is 1. The van der Waals surface area contributed by atoms with E-state index in [-0.39, 0.29) is 5.56 Å². The molecule has 0 spiro atoms. The fraction of sp³-hybridized carbons (Fsp3) is 0.385. The first kappa shape index (κ1) is 13.6. The third-order valence-corrected chi connectivity index (χ3v) is 3.12. The van der Waals surface area contributed by atoms with Gasteiger partial charge in [0.15, 0.2) is 0 Å². The highest BCUT2D eigenvalue weighted by Crippen LogP contribution is 2.34. The highest BCUT2D eigenvalue weighted by atomic mass is 19.4. The Labute approximate surface area is 107 Å². The van der Waals surface area contributed by atoms with Crippen LogP contribution >= 0.6 is 0 Å². The smallest absolute Gasteiger partial charge is 0.416 e. The van der Waals surface area contributed by atoms with Crippen molar-refractivity contribution in [2.45, 2.75) is 25.9 Å². The SMILES string of the molecule is CCC1=NCCc2c(C(=O)O)cc(C(F)(F)F)cc21. The number of rotatable bonds is 2. The number of alkyl halides is 3. The van der Waals surface area contributed by atoms with Gasteiger partial charge in [0.2, 0.25) is 0 Å². The van der Waals surface area contributed by atoms with Crippen LogP contribution in [0.15, 0.2) is 17.1 Å². The molecule has 1 N–H and O–H groups in total. The van der Waals surface area contributed by atoms with Gasteiger partial charge in [0.25, 0.3) is 0 Å². The van der Waals surface area contributed by atoms with E-state index in [2.05, 4.69) is 4.99 Å². The van der Waals surface area contributed by atoms with Crippen LogP contribution in [0.4, 0.5) is 13.2 Å². The van der Waals surface area contributed by atoms with Gasteiger partial charge in [-0.3, -0.25) is 4.99 Å². The first-order valence-electron chi connectivity index (χ1n) is 5.85. The minimum atomic E-state index is -4.56. The highest BCUT2D eigenvalue weighted by Gasteiger charge is 2.34. The van der Waals surface area contributed by atoms with Crippen LogP contribution < -0.4 is 0 Å². The van der Waals surface area contributed by atoms with Crippen molar-refractivity contribution in [3.05, 3.63) is 34.4 Å². The average molecular weight is 271 g/mol. The van der Waals surface area contributed by atoms with E-state index in [0.717, 1.165) is 6.07 Å². The van der Waals surface area contributed by atoms with E-state index in [9.17, 15) is 18.0 Å². The van der Waals surface area contributed by atoms with Gasteiger partial charge in [-0.05, 0) is 30.5 Å². The van der Waals surface area contributed by atoms with Gasteiger partial charge >= 0.3 is 12.1 Å². The van der Waals surface area contributed by atoms with Crippen LogP contribution in [-0.4, -0.2) is 23.3 Å². The summed E-state index contributed by atoms with van der Waals surface area (Å²) in [4.78, 5) is 15.3. The number of fused-ring (bicyclic) bond motifs is 1. The number of nitrogens with zero attached hydrogens (tertiary/aromatic N) is 1. The lowest BCUT2D eigenvalue weighted by Crippen LogP contribution is -2.19. The number of hydrogen-bond donors (Lipinski definition) is 1. The number of halogens is 3. The van der Waals surface area contributed by atoms with Crippen molar-refractivity contribution in [1.82, 2.24) is 0 Å². The van der Waals surface area contributed by atoms with E-state index < -0.39 is 17.7 Å². The summed E-state index contributed by atoms with van der Waals surface area (Å²) in [6, 6.07) is 1.71. The average Bonchev–Trinajstić information content (AvgIpc) is 2.35. The van der Waals surface area contributed by atoms with Gasteiger partial charge in [-0.25, -0.2) is 4.79 Å². The van der Waals surface area contributed by atoms with Crippen molar-refractivity contribution in [2.24, 2.45) is 4.99 Å². The number of aromatic carboxylic acids is 1. The molecule has 0 aliphatic carbocycles. The summed E-state index contributed by atoms with van der Waals surface area (Å²) in [6.07, 6.45) is -3.72. The minimum absolute atomic E-state index is 0.273. The zero-order valence-electron chi connectivity index (χ0n) is 10.2. The fourth-order valence-electron chi connectivity index (χ4n) is 2.24. The molecule has 1 aromatic carbocycles. The van der Waals surface area contributed by atoms with Gasteiger partial charge in [0.05, 0.1) is 11.1 Å². The topological polar surface area (TPSA) is 49.7 Å². The molecule has 0 radical (unpaired) electrons. The molecule has 1 heterocycles. The van der Waals surface area contributed by atoms with Crippen molar-refractivity contribution in [3.63, 3.8) is 0 Å². The Balaban J connectivity index is 2.71. The molecular weight excluding hydrogens is 259 g/mol. The van der Waals surface area contributed by atoms with Crippen molar-refractivity contribution < 1.29 is 23.1 Å². The molecule has 1 aromatic rings. The van der Waals surface area contributed by atoms with Gasteiger partial charge in [0.1, 0.15) is 0 Å². The molecule has 0 atom stereocenters. The molecule has 3 nitrogen and oxygen atoms in total. The standard InChI is InChI=1S/C13H12F3NO2/c1-2-11-9-5-7(13(14,15)16)6-10(12(18)19)8(9)3-4-17-11/h5-6H,2-4H2,1H3,(H,18,19). The molecule has 0 aromatic heterocycles. The maximum atomic E-state index is 12.8. The molecule has 6 heteroatoms. The molecule has 0 saturated carbocycles. The normalized spacial score (nSPS) is 14.8. The molecule has 1 aliphatic heterocycles. The van der Waals surface area contributed by atoms with Gasteiger partial charge in [-0.15, -0.1) is 0 Å². The highest BCUT2D eigenvalue weighted by molar-refractivity contribution is 6.05. The third kappa shape index (κ3) is 2.47. The summed E-state index contributed by atoms with van der Waals surface area (Å²) in [5.74, 6) is -1.33. The van der Waals surface area contributed by atoms with Gasteiger partial charge in [0, 0.05) is 17.8 Å². The van der Waals surface area contributed by atoms with Crippen molar-refractivity contribution in [1.29, 1.82) is 0 Å². The Kier molecular flexibility index (Phi) is 3.34. The summed E-state index contributed by atoms with van der Waals surface area (Å²) in [5.41, 5.74) is 0.0977. The predicted octanol–water partition coefficient (Wildman–Crippen LogP) is 3.16. The van der Waals surface area contributed by atoms with Crippen LogP contribution in [0.3, 0.4) is 0 Å². The summed E-state index contributed by atoms with van der Waals surface area (Å²) >= 11 is 0. The number of hydrogen-bond acceptors (Lipinski definition) is 2. The van der Waals surface area contributed by atoms with Crippen molar-refractivity contribution >= 4 is 11.7 Å². The fourth-order valence-corrected chi connectivity index (χ4v) is 2.24. The van der Waals surface area contributed by atoms with E-state index in [1.165, 1.54) is 0 Å². The summed E-state index contributed by atoms with van der Waals surface area (Å²) in [6.45, 7) is 2.20. The monoisotopic (exact) mass is 271 g/mol. The zero-order chi connectivity index (χ0) is 14.2. The Morgan fingerprint density at radius 2 is 2.11 bits per heavy atom. The van der Waals surface area contributed by atoms with Crippen LogP contribution in [0.1, 0.15) is 40.4 Å². The lowest BCUT2D eigenvalue weighted by atomic mass is 9.89. The van der Waals surface area contributed by atoms with Crippen LogP contribution in [0.2, 0.25) is 0 Å². The van der Waals surface area contributed by atoms with E-state index in [1.54, 1.807) is 6.92 Å². The molecule has 2 rings (SSSR count). The number of carboxylic acid groups (broad SMARTS) is 1. The van der Waals surface area contributed by atoms with Crippen LogP contribution in [0.25, 0.3) is 0 Å². The second-order valence-corrected chi connectivity index (χ2v) is 4.28. The second-order valence-electron chi connectivity index (χ2n) is 4.28. The Bertz CT molecular complexity index is 562. The molecular formula is C13H12F3NO2. The van der Waals surface area contributed by atoms with Crippen LogP contribution in [0, 0.1) is 0 Å². The van der Waals surface area contributed by atoms with E-state index in [4.69, 9.17) is 5.11 Å². The molecule has 0 unspecified atom stereocenters. The molecule has 0 bridgehead atoms. The molecule has 0 amide bonds. The largest absolute Gasteiger partial charge is 0.478 e.